The van der Waals surface area contributed by atoms with Crippen LogP contribution in [0.4, 0.5) is 4.79 Å². The smallest absolute Gasteiger partial charge is 0.323 e. The predicted octanol–water partition coefficient (Wildman–Crippen LogP) is 3.99. The van der Waals surface area contributed by atoms with Crippen molar-refractivity contribution in [2.24, 2.45) is 0 Å². The van der Waals surface area contributed by atoms with E-state index in [4.69, 9.17) is 0 Å². The number of hydrogen-bond acceptors (Lipinski definition) is 3. The number of carbonyl (C=O) groups excluding carboxylic acids is 2. The second-order valence-electron chi connectivity index (χ2n) is 8.54. The Hall–Kier alpha value is -2.66. The van der Waals surface area contributed by atoms with E-state index in [0.29, 0.717) is 6.67 Å². The minimum Gasteiger partial charge on any atom is -0.323 e. The maximum atomic E-state index is 13.2. The van der Waals surface area contributed by atoms with Gasteiger partial charge in [0.15, 0.2) is 0 Å². The largest absolute Gasteiger partial charge is 0.326 e. The molecule has 1 heterocycles. The standard InChI is InChI=1S/C25H31N3O2/c29-23-25(16-8-3-9-17-25)26-24(30)28(23)20-27(18-14-21-10-4-1-5-11-21)19-15-22-12-6-2-7-13-22/h1-2,4-7,10-13H,3,8-9,14-20H2,(H,26,30). The molecule has 2 aliphatic rings. The van der Waals surface area contributed by atoms with E-state index in [1.807, 2.05) is 36.4 Å². The molecule has 1 spiro atoms. The minimum atomic E-state index is -0.653. The SMILES string of the molecule is O=C1NC2(CCCCC2)C(=O)N1CN(CCc1ccccc1)CCc1ccccc1. The molecule has 1 aliphatic heterocycles. The van der Waals surface area contributed by atoms with E-state index in [2.05, 4.69) is 34.5 Å². The number of rotatable bonds is 8. The van der Waals surface area contributed by atoms with Crippen LogP contribution in [0.15, 0.2) is 60.7 Å². The van der Waals surface area contributed by atoms with E-state index < -0.39 is 5.54 Å². The summed E-state index contributed by atoms with van der Waals surface area (Å²) in [5.41, 5.74) is 1.88. The lowest BCUT2D eigenvalue weighted by Crippen LogP contribution is -2.49. The Labute approximate surface area is 179 Å². The maximum absolute atomic E-state index is 13.2. The average molecular weight is 406 g/mol. The summed E-state index contributed by atoms with van der Waals surface area (Å²) in [4.78, 5) is 29.6. The first kappa shape index (κ1) is 20.6. The van der Waals surface area contributed by atoms with Gasteiger partial charge in [0.05, 0.1) is 6.67 Å². The van der Waals surface area contributed by atoms with Gasteiger partial charge in [0.25, 0.3) is 5.91 Å². The van der Waals surface area contributed by atoms with Gasteiger partial charge in [-0.05, 0) is 36.8 Å². The van der Waals surface area contributed by atoms with Crippen molar-refractivity contribution in [3.8, 4) is 0 Å². The highest BCUT2D eigenvalue weighted by Gasteiger charge is 2.51. The molecule has 158 valence electrons. The number of urea groups is 1. The number of amides is 3. The van der Waals surface area contributed by atoms with E-state index in [1.165, 1.54) is 16.0 Å². The third-order valence-electron chi connectivity index (χ3n) is 6.41. The van der Waals surface area contributed by atoms with Crippen molar-refractivity contribution in [3.05, 3.63) is 71.8 Å². The van der Waals surface area contributed by atoms with Crippen LogP contribution in [0.1, 0.15) is 43.2 Å². The summed E-state index contributed by atoms with van der Waals surface area (Å²) in [6, 6.07) is 20.5. The van der Waals surface area contributed by atoms with Gasteiger partial charge in [0.1, 0.15) is 5.54 Å². The molecule has 1 saturated heterocycles. The maximum Gasteiger partial charge on any atom is 0.326 e. The van der Waals surface area contributed by atoms with E-state index >= 15 is 0 Å². The summed E-state index contributed by atoms with van der Waals surface area (Å²) in [7, 11) is 0. The van der Waals surface area contributed by atoms with Crippen molar-refractivity contribution in [1.82, 2.24) is 15.1 Å². The first-order chi connectivity index (χ1) is 14.7. The molecular formula is C25H31N3O2. The molecular weight excluding hydrogens is 374 g/mol. The Balaban J connectivity index is 1.44. The summed E-state index contributed by atoms with van der Waals surface area (Å²) in [5, 5.41) is 3.03. The van der Waals surface area contributed by atoms with Crippen molar-refractivity contribution in [2.45, 2.75) is 50.5 Å². The van der Waals surface area contributed by atoms with E-state index in [0.717, 1.165) is 58.0 Å². The normalized spacial score (nSPS) is 18.2. The summed E-state index contributed by atoms with van der Waals surface area (Å²) in [6.45, 7) is 1.97. The number of hydrogen-bond donors (Lipinski definition) is 1. The minimum absolute atomic E-state index is 0.0309. The zero-order valence-electron chi connectivity index (χ0n) is 17.6. The Bertz CT molecular complexity index is 804. The molecule has 2 aromatic rings. The number of imide groups is 1. The summed E-state index contributed by atoms with van der Waals surface area (Å²) in [6.07, 6.45) is 6.47. The average Bonchev–Trinajstić information content (AvgIpc) is 3.01. The van der Waals surface area contributed by atoms with Gasteiger partial charge in [-0.25, -0.2) is 9.69 Å². The molecule has 1 saturated carbocycles. The lowest BCUT2D eigenvalue weighted by molar-refractivity contribution is -0.133. The molecule has 1 N–H and O–H groups in total. The second-order valence-corrected chi connectivity index (χ2v) is 8.54. The quantitative estimate of drug-likeness (QED) is 0.676. The van der Waals surface area contributed by atoms with Gasteiger partial charge in [0.2, 0.25) is 0 Å². The van der Waals surface area contributed by atoms with Crippen LogP contribution in [0.25, 0.3) is 0 Å². The van der Waals surface area contributed by atoms with Gasteiger partial charge in [-0.1, -0.05) is 79.9 Å². The van der Waals surface area contributed by atoms with Crippen LogP contribution in [0.5, 0.6) is 0 Å². The van der Waals surface area contributed by atoms with Crippen LogP contribution < -0.4 is 5.32 Å². The molecule has 0 bridgehead atoms. The molecule has 5 heteroatoms. The lowest BCUT2D eigenvalue weighted by Gasteiger charge is -2.31. The number of nitrogens with zero attached hydrogens (tertiary/aromatic N) is 2. The Morgan fingerprint density at radius 3 is 1.87 bits per heavy atom. The fraction of sp³-hybridized carbons (Fsp3) is 0.440. The van der Waals surface area contributed by atoms with E-state index in [1.54, 1.807) is 0 Å². The zero-order valence-corrected chi connectivity index (χ0v) is 17.6. The molecule has 0 radical (unpaired) electrons. The van der Waals surface area contributed by atoms with Crippen LogP contribution >= 0.6 is 0 Å². The highest BCUT2D eigenvalue weighted by molar-refractivity contribution is 6.07. The number of carbonyl (C=O) groups is 2. The van der Waals surface area contributed by atoms with Crippen LogP contribution in [0.2, 0.25) is 0 Å². The molecule has 2 fully saturated rings. The van der Waals surface area contributed by atoms with Gasteiger partial charge in [-0.2, -0.15) is 0 Å². The van der Waals surface area contributed by atoms with Crippen LogP contribution in [0.3, 0.4) is 0 Å². The molecule has 2 aromatic carbocycles. The van der Waals surface area contributed by atoms with Crippen LogP contribution in [0, 0.1) is 0 Å². The zero-order chi connectivity index (χ0) is 20.8. The summed E-state index contributed by atoms with van der Waals surface area (Å²) >= 11 is 0. The summed E-state index contributed by atoms with van der Waals surface area (Å²) in [5.74, 6) is -0.0309. The first-order valence-corrected chi connectivity index (χ1v) is 11.1. The molecule has 30 heavy (non-hydrogen) atoms. The van der Waals surface area contributed by atoms with Gasteiger partial charge in [-0.15, -0.1) is 0 Å². The van der Waals surface area contributed by atoms with Gasteiger partial charge in [0, 0.05) is 13.1 Å². The van der Waals surface area contributed by atoms with Crippen molar-refractivity contribution in [2.75, 3.05) is 19.8 Å². The fourth-order valence-corrected chi connectivity index (χ4v) is 4.62. The van der Waals surface area contributed by atoms with Gasteiger partial charge < -0.3 is 5.32 Å². The topological polar surface area (TPSA) is 52.7 Å². The Morgan fingerprint density at radius 2 is 1.33 bits per heavy atom. The molecule has 1 aliphatic carbocycles. The lowest BCUT2D eigenvalue weighted by atomic mass is 9.82. The van der Waals surface area contributed by atoms with Crippen molar-refractivity contribution in [1.29, 1.82) is 0 Å². The van der Waals surface area contributed by atoms with Gasteiger partial charge in [-0.3, -0.25) is 9.69 Å². The molecule has 0 aromatic heterocycles. The number of nitrogens with one attached hydrogen (secondary N) is 1. The molecule has 0 atom stereocenters. The highest BCUT2D eigenvalue weighted by atomic mass is 16.2. The molecule has 5 nitrogen and oxygen atoms in total. The Kier molecular flexibility index (Phi) is 6.48. The molecule has 3 amide bonds. The fourth-order valence-electron chi connectivity index (χ4n) is 4.62. The van der Waals surface area contributed by atoms with E-state index in [-0.39, 0.29) is 11.9 Å². The number of benzene rings is 2. The molecule has 4 rings (SSSR count). The van der Waals surface area contributed by atoms with Crippen LogP contribution in [-0.2, 0) is 17.6 Å². The van der Waals surface area contributed by atoms with Crippen molar-refractivity contribution >= 4 is 11.9 Å². The van der Waals surface area contributed by atoms with Gasteiger partial charge >= 0.3 is 6.03 Å². The van der Waals surface area contributed by atoms with Crippen molar-refractivity contribution < 1.29 is 9.59 Å². The predicted molar refractivity (Wildman–Crippen MR) is 118 cm³/mol. The van der Waals surface area contributed by atoms with E-state index in [9.17, 15) is 9.59 Å². The van der Waals surface area contributed by atoms with Crippen LogP contribution in [-0.4, -0.2) is 47.0 Å². The monoisotopic (exact) mass is 405 g/mol. The molecule has 0 unspecified atom stereocenters. The first-order valence-electron chi connectivity index (χ1n) is 11.1. The highest BCUT2D eigenvalue weighted by Crippen LogP contribution is 2.33. The van der Waals surface area contributed by atoms with Crippen molar-refractivity contribution in [3.63, 3.8) is 0 Å². The second kappa shape index (κ2) is 9.43. The third kappa shape index (κ3) is 4.73. The Morgan fingerprint density at radius 1 is 0.800 bits per heavy atom. The summed E-state index contributed by atoms with van der Waals surface area (Å²) < 4.78 is 0. The third-order valence-corrected chi connectivity index (χ3v) is 6.41.